The Labute approximate surface area is 78.3 Å². The van der Waals surface area contributed by atoms with Crippen molar-refractivity contribution in [2.45, 2.75) is 25.3 Å². The number of nitrogens with one attached hydrogen (secondary N) is 1. The Bertz CT molecular complexity index is 150. The molecule has 0 unspecified atom stereocenters. The van der Waals surface area contributed by atoms with Crippen molar-refractivity contribution in [2.75, 3.05) is 20.6 Å². The Morgan fingerprint density at radius 2 is 2.08 bits per heavy atom. The van der Waals surface area contributed by atoms with E-state index in [0.29, 0.717) is 13.0 Å². The van der Waals surface area contributed by atoms with Gasteiger partial charge in [-0.25, -0.2) is 5.48 Å². The Kier molecular flexibility index (Phi) is 6.48. The smallest absolute Gasteiger partial charge is 0.320 e. The quantitative estimate of drug-likeness (QED) is 0.393. The Morgan fingerprint density at radius 3 is 2.46 bits per heavy atom. The van der Waals surface area contributed by atoms with Crippen molar-refractivity contribution >= 4 is 5.97 Å². The van der Waals surface area contributed by atoms with Gasteiger partial charge in [0.05, 0.1) is 0 Å². The first-order valence-electron chi connectivity index (χ1n) is 4.35. The Hall–Kier alpha value is -0.650. The molecule has 13 heavy (non-hydrogen) atoms. The third-order valence-electron chi connectivity index (χ3n) is 1.92. The minimum absolute atomic E-state index is 0.418. The summed E-state index contributed by atoms with van der Waals surface area (Å²) in [5, 5.41) is 17.1. The molecule has 5 heteroatoms. The van der Waals surface area contributed by atoms with Crippen molar-refractivity contribution in [3.05, 3.63) is 0 Å². The molecule has 0 saturated carbocycles. The van der Waals surface area contributed by atoms with Gasteiger partial charge in [-0.3, -0.25) is 9.69 Å². The number of carboxylic acids is 1. The van der Waals surface area contributed by atoms with Gasteiger partial charge in [-0.05, 0) is 33.4 Å². The molecule has 0 bridgehead atoms. The minimum Gasteiger partial charge on any atom is -0.480 e. The number of hydroxylamine groups is 1. The summed E-state index contributed by atoms with van der Waals surface area (Å²) in [6.07, 6.45) is 2.20. The molecule has 78 valence electrons. The molecule has 0 aliphatic rings. The van der Waals surface area contributed by atoms with E-state index < -0.39 is 12.0 Å². The van der Waals surface area contributed by atoms with Crippen LogP contribution in [0.1, 0.15) is 19.3 Å². The van der Waals surface area contributed by atoms with Crippen molar-refractivity contribution < 1.29 is 15.1 Å². The molecule has 0 amide bonds. The third-order valence-corrected chi connectivity index (χ3v) is 1.92. The van der Waals surface area contributed by atoms with Crippen LogP contribution in [0, 0.1) is 0 Å². The van der Waals surface area contributed by atoms with E-state index in [1.54, 1.807) is 19.0 Å². The number of rotatable bonds is 7. The summed E-state index contributed by atoms with van der Waals surface area (Å²) < 4.78 is 0. The number of hydrogen-bond donors (Lipinski definition) is 3. The van der Waals surface area contributed by atoms with E-state index in [2.05, 4.69) is 0 Å². The van der Waals surface area contributed by atoms with Crippen molar-refractivity contribution in [2.24, 2.45) is 0 Å². The molecule has 1 atom stereocenters. The average Bonchev–Trinajstić information content (AvgIpc) is 2.02. The zero-order chi connectivity index (χ0) is 10.3. The molecule has 0 heterocycles. The van der Waals surface area contributed by atoms with Crippen LogP contribution in [0.15, 0.2) is 0 Å². The van der Waals surface area contributed by atoms with Gasteiger partial charge in [-0.1, -0.05) is 0 Å². The SMILES string of the molecule is CN(C)[C@H](CCCCNO)C(=O)O. The highest BCUT2D eigenvalue weighted by Crippen LogP contribution is 2.05. The second-order valence-electron chi connectivity index (χ2n) is 3.22. The van der Waals surface area contributed by atoms with Gasteiger partial charge in [-0.15, -0.1) is 0 Å². The van der Waals surface area contributed by atoms with E-state index in [9.17, 15) is 4.79 Å². The highest BCUT2D eigenvalue weighted by molar-refractivity contribution is 5.73. The van der Waals surface area contributed by atoms with Crippen LogP contribution in [0.4, 0.5) is 0 Å². The summed E-state index contributed by atoms with van der Waals surface area (Å²) in [4.78, 5) is 12.4. The van der Waals surface area contributed by atoms with Gasteiger partial charge in [0.25, 0.3) is 0 Å². The van der Waals surface area contributed by atoms with Crippen molar-refractivity contribution in [3.63, 3.8) is 0 Å². The number of unbranched alkanes of at least 4 members (excludes halogenated alkanes) is 1. The van der Waals surface area contributed by atoms with Gasteiger partial charge >= 0.3 is 5.97 Å². The van der Waals surface area contributed by atoms with E-state index in [4.69, 9.17) is 10.3 Å². The topological polar surface area (TPSA) is 72.8 Å². The molecule has 3 N–H and O–H groups in total. The molecular weight excluding hydrogens is 172 g/mol. The highest BCUT2D eigenvalue weighted by Gasteiger charge is 2.18. The van der Waals surface area contributed by atoms with Gasteiger partial charge in [0.1, 0.15) is 6.04 Å². The molecule has 0 saturated heterocycles. The normalized spacial score (nSPS) is 13.2. The van der Waals surface area contributed by atoms with Crippen LogP contribution < -0.4 is 5.48 Å². The maximum absolute atomic E-state index is 10.7. The number of aliphatic carboxylic acids is 1. The third kappa shape index (κ3) is 5.57. The number of likely N-dealkylation sites (N-methyl/N-ethyl adjacent to an activating group) is 1. The van der Waals surface area contributed by atoms with Gasteiger partial charge in [0.2, 0.25) is 0 Å². The number of carbonyl (C=O) groups is 1. The van der Waals surface area contributed by atoms with Crippen molar-refractivity contribution in [1.29, 1.82) is 0 Å². The van der Waals surface area contributed by atoms with Crippen molar-refractivity contribution in [1.82, 2.24) is 10.4 Å². The maximum atomic E-state index is 10.7. The second-order valence-corrected chi connectivity index (χ2v) is 3.22. The average molecular weight is 190 g/mol. The van der Waals surface area contributed by atoms with Crippen LogP contribution in [-0.2, 0) is 4.79 Å². The zero-order valence-corrected chi connectivity index (χ0v) is 8.16. The molecule has 0 aliphatic carbocycles. The summed E-state index contributed by atoms with van der Waals surface area (Å²) in [5.74, 6) is -0.790. The minimum atomic E-state index is -0.790. The summed E-state index contributed by atoms with van der Waals surface area (Å²) in [6.45, 7) is 0.514. The molecule has 0 fully saturated rings. The molecule has 0 aromatic carbocycles. The van der Waals surface area contributed by atoms with Crippen LogP contribution in [0.3, 0.4) is 0 Å². The molecule has 0 aliphatic heterocycles. The summed E-state index contributed by atoms with van der Waals surface area (Å²) >= 11 is 0. The summed E-state index contributed by atoms with van der Waals surface area (Å²) in [7, 11) is 3.51. The lowest BCUT2D eigenvalue weighted by Crippen LogP contribution is -2.35. The summed E-state index contributed by atoms with van der Waals surface area (Å²) in [6, 6.07) is -0.418. The predicted octanol–water partition coefficient (Wildman–Crippen LogP) is 0.150. The first kappa shape index (κ1) is 12.3. The summed E-state index contributed by atoms with van der Waals surface area (Å²) in [5.41, 5.74) is 2.04. The largest absolute Gasteiger partial charge is 0.480 e. The second kappa shape index (κ2) is 6.82. The fraction of sp³-hybridized carbons (Fsp3) is 0.875. The van der Waals surface area contributed by atoms with Crippen LogP contribution in [0.25, 0.3) is 0 Å². The highest BCUT2D eigenvalue weighted by atomic mass is 16.5. The van der Waals surface area contributed by atoms with Gasteiger partial charge in [0.15, 0.2) is 0 Å². The molecular formula is C8H18N2O3. The molecule has 5 nitrogen and oxygen atoms in total. The van der Waals surface area contributed by atoms with Crippen LogP contribution in [0.5, 0.6) is 0 Å². The number of hydrogen-bond acceptors (Lipinski definition) is 4. The van der Waals surface area contributed by atoms with Crippen LogP contribution in [-0.4, -0.2) is 47.9 Å². The molecule has 0 aromatic heterocycles. The molecule has 0 radical (unpaired) electrons. The van der Waals surface area contributed by atoms with E-state index in [-0.39, 0.29) is 0 Å². The van der Waals surface area contributed by atoms with E-state index in [1.165, 1.54) is 0 Å². The molecule has 0 aromatic rings. The molecule has 0 rings (SSSR count). The zero-order valence-electron chi connectivity index (χ0n) is 8.16. The standard InChI is InChI=1S/C8H18N2O3/c1-10(2)7(8(11)12)5-3-4-6-9-13/h7,9,13H,3-6H2,1-2H3,(H,11,12)/t7-/m1/s1. The van der Waals surface area contributed by atoms with Crippen LogP contribution in [0.2, 0.25) is 0 Å². The fourth-order valence-corrected chi connectivity index (χ4v) is 1.14. The first-order valence-corrected chi connectivity index (χ1v) is 4.35. The van der Waals surface area contributed by atoms with Gasteiger partial charge in [0, 0.05) is 6.54 Å². The monoisotopic (exact) mass is 190 g/mol. The predicted molar refractivity (Wildman–Crippen MR) is 48.8 cm³/mol. The molecule has 0 spiro atoms. The fourth-order valence-electron chi connectivity index (χ4n) is 1.14. The lowest BCUT2D eigenvalue weighted by atomic mass is 10.1. The van der Waals surface area contributed by atoms with E-state index in [0.717, 1.165) is 12.8 Å². The lowest BCUT2D eigenvalue weighted by molar-refractivity contribution is -0.142. The van der Waals surface area contributed by atoms with Gasteiger partial charge < -0.3 is 10.3 Å². The lowest BCUT2D eigenvalue weighted by Gasteiger charge is -2.19. The Balaban J connectivity index is 3.64. The van der Waals surface area contributed by atoms with Crippen LogP contribution >= 0.6 is 0 Å². The number of nitrogens with zero attached hydrogens (tertiary/aromatic N) is 1. The maximum Gasteiger partial charge on any atom is 0.320 e. The Morgan fingerprint density at radius 1 is 1.46 bits per heavy atom. The van der Waals surface area contributed by atoms with E-state index >= 15 is 0 Å². The van der Waals surface area contributed by atoms with E-state index in [1.807, 2.05) is 5.48 Å². The number of carboxylic acid groups (broad SMARTS) is 1. The first-order chi connectivity index (χ1) is 6.09. The van der Waals surface area contributed by atoms with Gasteiger partial charge in [-0.2, -0.15) is 0 Å². The van der Waals surface area contributed by atoms with Crippen molar-refractivity contribution in [3.8, 4) is 0 Å².